The van der Waals surface area contributed by atoms with Gasteiger partial charge in [-0.05, 0) is 60.0 Å². The largest absolute Gasteiger partial charge is 0.358 e. The molecule has 2 aromatic carbocycles. The van der Waals surface area contributed by atoms with Crippen LogP contribution in [0.4, 0.5) is 4.39 Å². The second kappa shape index (κ2) is 6.98. The topological polar surface area (TPSA) is 15.6 Å². The highest BCUT2D eigenvalue weighted by Crippen LogP contribution is 2.32. The predicted octanol–water partition coefficient (Wildman–Crippen LogP) is 4.66. The molecule has 1 atom stereocenters. The highest BCUT2D eigenvalue weighted by Gasteiger charge is 2.29. The highest BCUT2D eigenvalue weighted by atomic mass is 32.2. The van der Waals surface area contributed by atoms with Crippen molar-refractivity contribution in [3.63, 3.8) is 0 Å². The molecule has 1 saturated heterocycles. The lowest BCUT2D eigenvalue weighted by Crippen LogP contribution is -2.42. The Hall–Kier alpha value is -1.81. The second-order valence-electron chi connectivity index (χ2n) is 6.51. The molecule has 0 spiro atoms. The van der Waals surface area contributed by atoms with Crippen molar-refractivity contribution in [1.29, 1.82) is 0 Å². The minimum Gasteiger partial charge on any atom is -0.358 e. The fraction of sp³-hybridized carbons (Fsp3) is 0.350. The highest BCUT2D eigenvalue weighted by molar-refractivity contribution is 7.98. The third-order valence-electron chi connectivity index (χ3n) is 4.87. The van der Waals surface area contributed by atoms with Gasteiger partial charge in [0.1, 0.15) is 11.7 Å². The lowest BCUT2D eigenvalue weighted by atomic mass is 9.88. The fourth-order valence-corrected chi connectivity index (χ4v) is 4.35. The van der Waals surface area contributed by atoms with Gasteiger partial charge < -0.3 is 4.90 Å². The monoisotopic (exact) mass is 340 g/mol. The zero-order valence-electron chi connectivity index (χ0n) is 13.6. The first-order chi connectivity index (χ1) is 11.8. The summed E-state index contributed by atoms with van der Waals surface area (Å²) in [5.41, 5.74) is 3.77. The van der Waals surface area contributed by atoms with E-state index in [9.17, 15) is 4.39 Å². The van der Waals surface area contributed by atoms with Crippen LogP contribution in [0.1, 0.15) is 35.4 Å². The summed E-state index contributed by atoms with van der Waals surface area (Å²) in [6.45, 7) is 2.28. The fourth-order valence-electron chi connectivity index (χ4n) is 3.58. The number of halogens is 1. The van der Waals surface area contributed by atoms with Crippen molar-refractivity contribution in [3.8, 4) is 0 Å². The number of fused-ring (bicyclic) bond motifs is 1. The number of rotatable bonds is 3. The molecule has 0 radical (unpaired) electrons. The number of hydrogen-bond acceptors (Lipinski definition) is 3. The van der Waals surface area contributed by atoms with Gasteiger partial charge in [0, 0.05) is 24.8 Å². The van der Waals surface area contributed by atoms with E-state index >= 15 is 0 Å². The van der Waals surface area contributed by atoms with Crippen LogP contribution in [0.25, 0.3) is 0 Å². The van der Waals surface area contributed by atoms with E-state index < -0.39 is 0 Å². The Morgan fingerprint density at radius 1 is 1.00 bits per heavy atom. The molecular formula is C20H21FN2S. The normalized spacial score (nSPS) is 20.5. The quantitative estimate of drug-likeness (QED) is 0.756. The molecule has 2 nitrogen and oxygen atoms in total. The Bertz CT molecular complexity index is 724. The van der Waals surface area contributed by atoms with Crippen LogP contribution in [-0.4, -0.2) is 29.6 Å². The number of nitrogens with zero attached hydrogens (tertiary/aromatic N) is 2. The summed E-state index contributed by atoms with van der Waals surface area (Å²) >= 11 is 1.70. The van der Waals surface area contributed by atoms with Crippen molar-refractivity contribution in [3.05, 3.63) is 71.0 Å². The van der Waals surface area contributed by atoms with E-state index in [1.54, 1.807) is 11.9 Å². The van der Waals surface area contributed by atoms with Crippen LogP contribution < -0.4 is 0 Å². The van der Waals surface area contributed by atoms with Crippen molar-refractivity contribution < 1.29 is 4.39 Å². The summed E-state index contributed by atoms with van der Waals surface area (Å²) in [5, 5.41) is 0. The Morgan fingerprint density at radius 3 is 2.46 bits per heavy atom. The van der Waals surface area contributed by atoms with Crippen LogP contribution in [0.15, 0.2) is 52.9 Å². The Morgan fingerprint density at radius 2 is 1.71 bits per heavy atom. The summed E-state index contributed by atoms with van der Waals surface area (Å²) in [6, 6.07) is 15.7. The SMILES string of the molecule is Fc1ccc(Cc2ccc(C3CCCN4CCSN=C34)cc2)cc1. The molecular weight excluding hydrogens is 319 g/mol. The minimum atomic E-state index is -0.179. The van der Waals surface area contributed by atoms with Crippen LogP contribution in [0.3, 0.4) is 0 Å². The third-order valence-corrected chi connectivity index (χ3v) is 5.55. The molecule has 0 saturated carbocycles. The van der Waals surface area contributed by atoms with Gasteiger partial charge in [-0.15, -0.1) is 0 Å². The molecule has 2 heterocycles. The minimum absolute atomic E-state index is 0.179. The molecule has 0 N–H and O–H groups in total. The van der Waals surface area contributed by atoms with E-state index in [1.165, 1.54) is 41.9 Å². The molecule has 1 unspecified atom stereocenters. The van der Waals surface area contributed by atoms with Gasteiger partial charge in [-0.1, -0.05) is 36.4 Å². The van der Waals surface area contributed by atoms with Gasteiger partial charge in [-0.3, -0.25) is 0 Å². The smallest absolute Gasteiger partial charge is 0.123 e. The average molecular weight is 340 g/mol. The number of hydrogen-bond donors (Lipinski definition) is 0. The summed E-state index contributed by atoms with van der Waals surface area (Å²) < 4.78 is 17.7. The Labute approximate surface area is 146 Å². The molecule has 1 fully saturated rings. The molecule has 124 valence electrons. The number of benzene rings is 2. The lowest BCUT2D eigenvalue weighted by molar-refractivity contribution is 0.371. The van der Waals surface area contributed by atoms with E-state index in [4.69, 9.17) is 4.40 Å². The molecule has 4 heteroatoms. The van der Waals surface area contributed by atoms with Crippen molar-refractivity contribution in [2.45, 2.75) is 25.2 Å². The zero-order chi connectivity index (χ0) is 16.4. The lowest BCUT2D eigenvalue weighted by Gasteiger charge is -2.37. The number of piperidine rings is 1. The van der Waals surface area contributed by atoms with E-state index in [2.05, 4.69) is 29.2 Å². The van der Waals surface area contributed by atoms with Crippen LogP contribution >= 0.6 is 11.9 Å². The molecule has 24 heavy (non-hydrogen) atoms. The molecule has 2 aliphatic rings. The third kappa shape index (κ3) is 3.34. The van der Waals surface area contributed by atoms with Gasteiger partial charge in [0.2, 0.25) is 0 Å². The molecule has 0 bridgehead atoms. The van der Waals surface area contributed by atoms with Gasteiger partial charge >= 0.3 is 0 Å². The van der Waals surface area contributed by atoms with Gasteiger partial charge in [-0.25, -0.2) is 8.79 Å². The molecule has 0 aromatic heterocycles. The van der Waals surface area contributed by atoms with Crippen LogP contribution in [0, 0.1) is 5.82 Å². The van der Waals surface area contributed by atoms with Crippen molar-refractivity contribution in [2.24, 2.45) is 4.40 Å². The maximum absolute atomic E-state index is 13.0. The first-order valence-corrected chi connectivity index (χ1v) is 9.52. The average Bonchev–Trinajstić information content (AvgIpc) is 2.64. The van der Waals surface area contributed by atoms with Crippen molar-refractivity contribution in [2.75, 3.05) is 18.8 Å². The number of amidine groups is 1. The molecule has 4 rings (SSSR count). The van der Waals surface area contributed by atoms with E-state index in [0.29, 0.717) is 5.92 Å². The van der Waals surface area contributed by atoms with Crippen LogP contribution in [-0.2, 0) is 6.42 Å². The molecule has 0 aliphatic carbocycles. The predicted molar refractivity (Wildman–Crippen MR) is 99.1 cm³/mol. The Kier molecular flexibility index (Phi) is 4.56. The second-order valence-corrected chi connectivity index (χ2v) is 7.36. The van der Waals surface area contributed by atoms with Crippen molar-refractivity contribution >= 4 is 17.8 Å². The first-order valence-electron chi connectivity index (χ1n) is 8.58. The molecule has 2 aromatic rings. The van der Waals surface area contributed by atoms with E-state index in [1.807, 2.05) is 12.1 Å². The maximum atomic E-state index is 13.0. The van der Waals surface area contributed by atoms with Gasteiger partial charge in [0.15, 0.2) is 0 Å². The van der Waals surface area contributed by atoms with Gasteiger partial charge in [0.05, 0.1) is 0 Å². The van der Waals surface area contributed by atoms with E-state index in [-0.39, 0.29) is 5.82 Å². The maximum Gasteiger partial charge on any atom is 0.123 e. The van der Waals surface area contributed by atoms with Gasteiger partial charge in [0.25, 0.3) is 0 Å². The summed E-state index contributed by atoms with van der Waals surface area (Å²) in [7, 11) is 0. The van der Waals surface area contributed by atoms with Crippen molar-refractivity contribution in [1.82, 2.24) is 4.90 Å². The van der Waals surface area contributed by atoms with Gasteiger partial charge in [-0.2, -0.15) is 0 Å². The first kappa shape index (κ1) is 15.7. The molecule has 0 amide bonds. The van der Waals surface area contributed by atoms with Crippen LogP contribution in [0.5, 0.6) is 0 Å². The summed E-state index contributed by atoms with van der Waals surface area (Å²) in [5.74, 6) is 2.63. The van der Waals surface area contributed by atoms with E-state index in [0.717, 1.165) is 30.8 Å². The standard InChI is InChI=1S/C20H21FN2S/c21-18-9-5-16(6-10-18)14-15-3-7-17(8-4-15)19-2-1-11-23-12-13-24-22-20(19)23/h3-10,19H,1-2,11-14H2. The molecule has 2 aliphatic heterocycles. The summed E-state index contributed by atoms with van der Waals surface area (Å²) in [4.78, 5) is 2.46. The Balaban J connectivity index is 1.51. The van der Waals surface area contributed by atoms with Crippen LogP contribution in [0.2, 0.25) is 0 Å². The summed E-state index contributed by atoms with van der Waals surface area (Å²) in [6.07, 6.45) is 3.27. The zero-order valence-corrected chi connectivity index (χ0v) is 14.4.